The summed E-state index contributed by atoms with van der Waals surface area (Å²) in [7, 11) is 0. The largest absolute Gasteiger partial charge is 0.490 e. The van der Waals surface area contributed by atoms with Gasteiger partial charge >= 0.3 is 5.97 Å². The molecule has 0 aliphatic carbocycles. The summed E-state index contributed by atoms with van der Waals surface area (Å²) in [5, 5.41) is 15.3. The molecule has 3 heterocycles. The molecule has 8 heteroatoms. The predicted molar refractivity (Wildman–Crippen MR) is 143 cm³/mol. The summed E-state index contributed by atoms with van der Waals surface area (Å²) in [5.74, 6) is -1.37. The van der Waals surface area contributed by atoms with Crippen LogP contribution in [-0.4, -0.2) is 37.9 Å². The van der Waals surface area contributed by atoms with E-state index in [-0.39, 0.29) is 5.75 Å². The highest BCUT2D eigenvalue weighted by Gasteiger charge is 2.35. The zero-order chi connectivity index (χ0) is 27.4. The molecule has 7 nitrogen and oxygen atoms in total. The van der Waals surface area contributed by atoms with E-state index in [0.29, 0.717) is 41.2 Å². The molecule has 1 aliphatic heterocycles. The minimum absolute atomic E-state index is 0.267. The van der Waals surface area contributed by atoms with E-state index in [0.717, 1.165) is 34.4 Å². The van der Waals surface area contributed by atoms with Crippen LogP contribution in [0.4, 0.5) is 4.39 Å². The summed E-state index contributed by atoms with van der Waals surface area (Å²) in [6.45, 7) is 11.5. The van der Waals surface area contributed by atoms with Crippen molar-refractivity contribution < 1.29 is 23.8 Å². The van der Waals surface area contributed by atoms with Crippen molar-refractivity contribution in [3.63, 3.8) is 0 Å². The maximum Gasteiger partial charge on any atom is 0.337 e. The lowest BCUT2D eigenvalue weighted by Crippen LogP contribution is -2.29. The minimum atomic E-state index is -1.35. The number of aryl methyl sites for hydroxylation is 2. The van der Waals surface area contributed by atoms with Crippen LogP contribution in [0.15, 0.2) is 36.4 Å². The van der Waals surface area contributed by atoms with E-state index >= 15 is 4.39 Å². The van der Waals surface area contributed by atoms with Crippen LogP contribution in [0.3, 0.4) is 0 Å². The number of rotatable bonds is 5. The molecule has 1 aliphatic rings. The van der Waals surface area contributed by atoms with Crippen molar-refractivity contribution in [3.05, 3.63) is 70.2 Å². The quantitative estimate of drug-likeness (QED) is 0.330. The molecule has 38 heavy (non-hydrogen) atoms. The molecule has 1 N–H and O–H groups in total. The van der Waals surface area contributed by atoms with Gasteiger partial charge in [-0.15, -0.1) is 0 Å². The van der Waals surface area contributed by atoms with Gasteiger partial charge in [-0.3, -0.25) is 0 Å². The summed E-state index contributed by atoms with van der Waals surface area (Å²) < 4.78 is 28.9. The van der Waals surface area contributed by atoms with Gasteiger partial charge in [-0.25, -0.2) is 18.7 Å². The van der Waals surface area contributed by atoms with Crippen LogP contribution in [-0.2, 0) is 16.0 Å². The predicted octanol–water partition coefficient (Wildman–Crippen LogP) is 6.39. The summed E-state index contributed by atoms with van der Waals surface area (Å²) in [5.41, 5.74) is 5.73. The van der Waals surface area contributed by atoms with E-state index in [1.54, 1.807) is 32.2 Å². The number of nitrogens with zero attached hydrogens (tertiary/aromatic N) is 3. The van der Waals surface area contributed by atoms with Gasteiger partial charge in [0, 0.05) is 33.5 Å². The number of benzene rings is 2. The fourth-order valence-electron chi connectivity index (χ4n) is 5.21. The highest BCUT2D eigenvalue weighted by atomic mass is 19.1. The molecule has 0 saturated carbocycles. The molecule has 0 amide bonds. The minimum Gasteiger partial charge on any atom is -0.490 e. The van der Waals surface area contributed by atoms with Gasteiger partial charge < -0.3 is 14.6 Å². The number of aromatic nitrogens is 3. The van der Waals surface area contributed by atoms with E-state index in [9.17, 15) is 9.90 Å². The van der Waals surface area contributed by atoms with Crippen LogP contribution in [0.1, 0.15) is 61.2 Å². The molecule has 0 radical (unpaired) electrons. The van der Waals surface area contributed by atoms with Gasteiger partial charge in [0.25, 0.3) is 0 Å². The Balaban J connectivity index is 1.91. The summed E-state index contributed by atoms with van der Waals surface area (Å²) >= 11 is 0. The molecule has 0 bridgehead atoms. The first-order chi connectivity index (χ1) is 18.0. The number of aliphatic carboxylic acids is 1. The van der Waals surface area contributed by atoms with Crippen molar-refractivity contribution in [1.29, 1.82) is 0 Å². The Morgan fingerprint density at radius 3 is 2.53 bits per heavy atom. The molecule has 0 spiro atoms. The monoisotopic (exact) mass is 517 g/mol. The van der Waals surface area contributed by atoms with Crippen molar-refractivity contribution in [2.45, 2.75) is 66.1 Å². The average molecular weight is 518 g/mol. The number of fused-ring (bicyclic) bond motifs is 2. The molecular formula is C30H32FN3O4. The molecule has 1 atom stereocenters. The Labute approximate surface area is 221 Å². The Morgan fingerprint density at radius 1 is 1.16 bits per heavy atom. The maximum atomic E-state index is 15.5. The van der Waals surface area contributed by atoms with Gasteiger partial charge in [0.05, 0.1) is 23.6 Å². The molecule has 1 unspecified atom stereocenters. The molecule has 0 fully saturated rings. The van der Waals surface area contributed by atoms with Gasteiger partial charge in [0.1, 0.15) is 0 Å². The van der Waals surface area contributed by atoms with Crippen molar-refractivity contribution in [3.8, 4) is 28.3 Å². The average Bonchev–Trinajstić information content (AvgIpc) is 3.20. The van der Waals surface area contributed by atoms with Crippen molar-refractivity contribution in [2.75, 3.05) is 6.61 Å². The second-order valence-corrected chi connectivity index (χ2v) is 10.8. The molecule has 198 valence electrons. The topological polar surface area (TPSA) is 86.0 Å². The lowest BCUT2D eigenvalue weighted by molar-refractivity contribution is -0.160. The Bertz CT molecular complexity index is 1550. The first-order valence-corrected chi connectivity index (χ1v) is 12.8. The van der Waals surface area contributed by atoms with Gasteiger partial charge in [0.2, 0.25) is 0 Å². The van der Waals surface area contributed by atoms with Crippen LogP contribution in [0.5, 0.6) is 5.75 Å². The number of ether oxygens (including phenoxy) is 2. The molecule has 5 rings (SSSR count). The Morgan fingerprint density at radius 2 is 1.87 bits per heavy atom. The standard InChI is InChI=1S/C30H32FN3O4/c1-16-20-13-10-14-37-26(20)22(31)15-21(16)25-23(27(29(35)36)38-30(4,5)6)18(3)32-28-17(2)24(33-34(25)28)19-11-8-7-9-12-19/h7-9,11-12,15,27H,10,13-14H2,1-6H3,(H,35,36). The fraction of sp³-hybridized carbons (Fsp3) is 0.367. The molecule has 2 aromatic heterocycles. The van der Waals surface area contributed by atoms with Gasteiger partial charge in [-0.1, -0.05) is 30.3 Å². The first-order valence-electron chi connectivity index (χ1n) is 12.8. The van der Waals surface area contributed by atoms with Crippen LogP contribution in [0.2, 0.25) is 0 Å². The van der Waals surface area contributed by atoms with Crippen LogP contribution in [0.25, 0.3) is 28.2 Å². The smallest absolute Gasteiger partial charge is 0.337 e. The van der Waals surface area contributed by atoms with E-state index in [1.807, 2.05) is 44.2 Å². The molecule has 4 aromatic rings. The Kier molecular flexibility index (Phi) is 6.47. The summed E-state index contributed by atoms with van der Waals surface area (Å²) in [6, 6.07) is 11.2. The molecular weight excluding hydrogens is 485 g/mol. The van der Waals surface area contributed by atoms with Crippen LogP contribution >= 0.6 is 0 Å². The highest BCUT2D eigenvalue weighted by molar-refractivity contribution is 5.83. The second-order valence-electron chi connectivity index (χ2n) is 10.8. The number of hydrogen-bond acceptors (Lipinski definition) is 5. The van der Waals surface area contributed by atoms with E-state index in [4.69, 9.17) is 19.6 Å². The normalized spacial score (nSPS) is 14.3. The van der Waals surface area contributed by atoms with E-state index in [1.165, 1.54) is 6.07 Å². The molecule has 0 saturated heterocycles. The second kappa shape index (κ2) is 9.51. The number of carbonyl (C=O) groups is 1. The molecule has 2 aromatic carbocycles. The Hall–Kier alpha value is -3.78. The van der Waals surface area contributed by atoms with Crippen molar-refractivity contribution >= 4 is 11.6 Å². The summed E-state index contributed by atoms with van der Waals surface area (Å²) in [6.07, 6.45) is 0.0995. The SMILES string of the molecule is Cc1nc2c(C)c(-c3ccccc3)nn2c(-c2cc(F)c3c(c2C)CCCO3)c1C(OC(C)(C)C)C(=O)O. The van der Waals surface area contributed by atoms with E-state index in [2.05, 4.69) is 0 Å². The van der Waals surface area contributed by atoms with E-state index < -0.39 is 23.5 Å². The van der Waals surface area contributed by atoms with Crippen LogP contribution < -0.4 is 4.74 Å². The third kappa shape index (κ3) is 4.43. The first kappa shape index (κ1) is 25.9. The number of hydrogen-bond donors (Lipinski definition) is 1. The maximum absolute atomic E-state index is 15.5. The fourth-order valence-corrected chi connectivity index (χ4v) is 5.21. The van der Waals surface area contributed by atoms with Crippen molar-refractivity contribution in [1.82, 2.24) is 14.6 Å². The zero-order valence-electron chi connectivity index (χ0n) is 22.6. The highest BCUT2D eigenvalue weighted by Crippen LogP contribution is 2.42. The van der Waals surface area contributed by atoms with Gasteiger partial charge in [-0.2, -0.15) is 5.10 Å². The van der Waals surface area contributed by atoms with Gasteiger partial charge in [0.15, 0.2) is 23.3 Å². The third-order valence-electron chi connectivity index (χ3n) is 6.92. The zero-order valence-corrected chi connectivity index (χ0v) is 22.6. The van der Waals surface area contributed by atoms with Gasteiger partial charge in [-0.05, 0) is 66.0 Å². The third-order valence-corrected chi connectivity index (χ3v) is 6.92. The number of halogens is 1. The lowest BCUT2D eigenvalue weighted by atomic mass is 9.91. The van der Waals surface area contributed by atoms with Crippen molar-refractivity contribution in [2.24, 2.45) is 0 Å². The lowest BCUT2D eigenvalue weighted by Gasteiger charge is -2.28. The van der Waals surface area contributed by atoms with Crippen LogP contribution in [0, 0.1) is 26.6 Å². The number of carboxylic acid groups (broad SMARTS) is 1. The number of carboxylic acids is 1. The summed E-state index contributed by atoms with van der Waals surface area (Å²) in [4.78, 5) is 17.5.